The van der Waals surface area contributed by atoms with Crippen LogP contribution in [0.5, 0.6) is 0 Å². The minimum absolute atomic E-state index is 0.655. The van der Waals surface area contributed by atoms with Crippen molar-refractivity contribution in [1.29, 1.82) is 0 Å². The first kappa shape index (κ1) is 9.29. The maximum Gasteiger partial charge on any atom is 0.256 e. The lowest BCUT2D eigenvalue weighted by atomic mass is 10.2. The molecule has 0 saturated carbocycles. The molecule has 86 valence electrons. The Morgan fingerprint density at radius 1 is 1.00 bits per heavy atom. The Bertz CT molecular complexity index is 829. The molecular weight excluding hydrogens is 228 g/mol. The van der Waals surface area contributed by atoms with E-state index < -0.39 is 0 Å². The van der Waals surface area contributed by atoms with E-state index in [4.69, 9.17) is 0 Å². The van der Waals surface area contributed by atoms with Gasteiger partial charge in [0.25, 0.3) is 5.78 Å². The summed E-state index contributed by atoms with van der Waals surface area (Å²) in [6, 6.07) is 11.9. The Kier molecular flexibility index (Phi) is 1.74. The van der Waals surface area contributed by atoms with Crippen LogP contribution in [0.1, 0.15) is 0 Å². The normalized spacial score (nSPS) is 11.3. The molecule has 3 heterocycles. The van der Waals surface area contributed by atoms with E-state index >= 15 is 0 Å². The van der Waals surface area contributed by atoms with Gasteiger partial charge in [-0.25, -0.2) is 4.98 Å². The predicted molar refractivity (Wildman–Crippen MR) is 65.0 cm³/mol. The number of aromatic nitrogens is 6. The molecule has 0 bridgehead atoms. The molecule has 0 spiro atoms. The molecule has 0 aliphatic carbocycles. The number of hydrogen-bond acceptors (Lipinski definition) is 4. The van der Waals surface area contributed by atoms with Gasteiger partial charge in [0.15, 0.2) is 5.65 Å². The van der Waals surface area contributed by atoms with Gasteiger partial charge in [-0.1, -0.05) is 30.3 Å². The summed E-state index contributed by atoms with van der Waals surface area (Å²) in [5.74, 6) is 0.655. The zero-order chi connectivity index (χ0) is 11.9. The Morgan fingerprint density at radius 3 is 2.78 bits per heavy atom. The van der Waals surface area contributed by atoms with Gasteiger partial charge in [-0.15, -0.1) is 0 Å². The molecule has 4 aromatic rings. The molecule has 6 nitrogen and oxygen atoms in total. The highest BCUT2D eigenvalue weighted by Gasteiger charge is 2.08. The average molecular weight is 236 g/mol. The molecule has 0 radical (unpaired) electrons. The lowest BCUT2D eigenvalue weighted by molar-refractivity contribution is 0.846. The lowest BCUT2D eigenvalue weighted by Gasteiger charge is -1.94. The van der Waals surface area contributed by atoms with Crippen LogP contribution < -0.4 is 0 Å². The van der Waals surface area contributed by atoms with Gasteiger partial charge in [0.05, 0.1) is 5.69 Å². The van der Waals surface area contributed by atoms with Gasteiger partial charge in [0.1, 0.15) is 12.7 Å². The fourth-order valence-corrected chi connectivity index (χ4v) is 1.95. The van der Waals surface area contributed by atoms with E-state index in [1.54, 1.807) is 15.4 Å². The van der Waals surface area contributed by atoms with Gasteiger partial charge >= 0.3 is 0 Å². The third-order valence-electron chi connectivity index (χ3n) is 2.80. The van der Waals surface area contributed by atoms with Crippen LogP contribution in [0.15, 0.2) is 49.1 Å². The van der Waals surface area contributed by atoms with Crippen LogP contribution in [0.25, 0.3) is 22.7 Å². The number of hydrogen-bond donors (Lipinski definition) is 0. The van der Waals surface area contributed by atoms with Gasteiger partial charge in [0, 0.05) is 11.6 Å². The highest BCUT2D eigenvalue weighted by atomic mass is 15.4. The van der Waals surface area contributed by atoms with Crippen molar-refractivity contribution in [2.24, 2.45) is 0 Å². The zero-order valence-corrected chi connectivity index (χ0v) is 9.30. The monoisotopic (exact) mass is 236 g/mol. The smallest absolute Gasteiger partial charge is 0.217 e. The molecule has 0 fully saturated rings. The van der Waals surface area contributed by atoms with E-state index in [1.165, 1.54) is 6.33 Å². The molecule has 3 aromatic heterocycles. The second-order valence-corrected chi connectivity index (χ2v) is 3.91. The molecule has 0 unspecified atom stereocenters. The van der Waals surface area contributed by atoms with Crippen LogP contribution in [-0.4, -0.2) is 29.2 Å². The summed E-state index contributed by atoms with van der Waals surface area (Å²) in [4.78, 5) is 8.45. The molecule has 0 amide bonds. The van der Waals surface area contributed by atoms with Crippen molar-refractivity contribution in [2.45, 2.75) is 0 Å². The van der Waals surface area contributed by atoms with Gasteiger partial charge in [-0.2, -0.15) is 24.2 Å². The SMILES string of the molecule is c1ccc(-c2cc3ncn4ncnc4n3n2)cc1. The topological polar surface area (TPSA) is 60.4 Å². The highest BCUT2D eigenvalue weighted by molar-refractivity contribution is 5.64. The fraction of sp³-hybridized carbons (Fsp3) is 0. The van der Waals surface area contributed by atoms with E-state index in [0.717, 1.165) is 16.9 Å². The molecular formula is C12H8N6. The Hall–Kier alpha value is -2.76. The maximum absolute atomic E-state index is 4.51. The van der Waals surface area contributed by atoms with Crippen LogP contribution >= 0.6 is 0 Å². The molecule has 4 rings (SSSR count). The zero-order valence-electron chi connectivity index (χ0n) is 9.30. The Balaban J connectivity index is 2.04. The summed E-state index contributed by atoms with van der Waals surface area (Å²) in [6.45, 7) is 0. The number of benzene rings is 1. The first-order valence-corrected chi connectivity index (χ1v) is 5.51. The Labute approximate surface area is 102 Å². The molecule has 0 aliphatic heterocycles. The summed E-state index contributed by atoms with van der Waals surface area (Å²) in [6.07, 6.45) is 3.12. The van der Waals surface area contributed by atoms with Crippen molar-refractivity contribution in [3.8, 4) is 11.3 Å². The third-order valence-corrected chi connectivity index (χ3v) is 2.80. The molecule has 0 saturated heterocycles. The fourth-order valence-electron chi connectivity index (χ4n) is 1.95. The third kappa shape index (κ3) is 1.22. The van der Waals surface area contributed by atoms with Crippen molar-refractivity contribution in [1.82, 2.24) is 29.2 Å². The quantitative estimate of drug-likeness (QED) is 0.501. The highest BCUT2D eigenvalue weighted by Crippen LogP contribution is 2.18. The van der Waals surface area contributed by atoms with Crippen molar-refractivity contribution in [2.75, 3.05) is 0 Å². The number of nitrogens with zero attached hydrogens (tertiary/aromatic N) is 6. The predicted octanol–water partition coefficient (Wildman–Crippen LogP) is 1.44. The lowest BCUT2D eigenvalue weighted by Crippen LogP contribution is -1.99. The van der Waals surface area contributed by atoms with E-state index in [2.05, 4.69) is 20.2 Å². The molecule has 0 N–H and O–H groups in total. The van der Waals surface area contributed by atoms with Crippen LogP contribution in [-0.2, 0) is 0 Å². The van der Waals surface area contributed by atoms with Crippen LogP contribution in [0.2, 0.25) is 0 Å². The minimum Gasteiger partial charge on any atom is -0.217 e. The Morgan fingerprint density at radius 2 is 1.89 bits per heavy atom. The summed E-state index contributed by atoms with van der Waals surface area (Å²) < 4.78 is 3.28. The van der Waals surface area contributed by atoms with Gasteiger partial charge in [-0.05, 0) is 0 Å². The maximum atomic E-state index is 4.51. The molecule has 1 aromatic carbocycles. The average Bonchev–Trinajstić information content (AvgIpc) is 3.05. The summed E-state index contributed by atoms with van der Waals surface area (Å²) in [5.41, 5.74) is 2.69. The van der Waals surface area contributed by atoms with Crippen LogP contribution in [0.4, 0.5) is 0 Å². The van der Waals surface area contributed by atoms with Crippen LogP contribution in [0.3, 0.4) is 0 Å². The van der Waals surface area contributed by atoms with Crippen molar-refractivity contribution < 1.29 is 0 Å². The second kappa shape index (κ2) is 3.36. The van der Waals surface area contributed by atoms with Gasteiger partial charge in [0.2, 0.25) is 0 Å². The summed E-state index contributed by atoms with van der Waals surface area (Å²) in [7, 11) is 0. The van der Waals surface area contributed by atoms with Gasteiger partial charge < -0.3 is 0 Å². The summed E-state index contributed by atoms with van der Waals surface area (Å²) >= 11 is 0. The van der Waals surface area contributed by atoms with E-state index in [-0.39, 0.29) is 0 Å². The van der Waals surface area contributed by atoms with Crippen molar-refractivity contribution in [3.63, 3.8) is 0 Å². The summed E-state index contributed by atoms with van der Waals surface area (Å²) in [5, 5.41) is 8.55. The molecule has 0 aliphatic rings. The van der Waals surface area contributed by atoms with E-state index in [0.29, 0.717) is 5.78 Å². The largest absolute Gasteiger partial charge is 0.256 e. The molecule has 6 heteroatoms. The second-order valence-electron chi connectivity index (χ2n) is 3.91. The first-order chi connectivity index (χ1) is 8.92. The number of rotatable bonds is 1. The van der Waals surface area contributed by atoms with Crippen LogP contribution in [0, 0.1) is 0 Å². The standard InChI is InChI=1S/C12H8N6/c1-2-4-9(5-3-1)10-6-11-14-8-17-12(13-7-15-17)18(11)16-10/h1-8H. The minimum atomic E-state index is 0.655. The van der Waals surface area contributed by atoms with E-state index in [9.17, 15) is 0 Å². The van der Waals surface area contributed by atoms with Crippen molar-refractivity contribution in [3.05, 3.63) is 49.1 Å². The first-order valence-electron chi connectivity index (χ1n) is 5.51. The van der Waals surface area contributed by atoms with Gasteiger partial charge in [-0.3, -0.25) is 0 Å². The molecule has 18 heavy (non-hydrogen) atoms. The van der Waals surface area contributed by atoms with E-state index in [1.807, 2.05) is 36.4 Å². The van der Waals surface area contributed by atoms with Crippen molar-refractivity contribution >= 4 is 11.4 Å². The number of fused-ring (bicyclic) bond motifs is 3. The molecule has 0 atom stereocenters.